The van der Waals surface area contributed by atoms with Crippen LogP contribution in [0.5, 0.6) is 0 Å². The number of rotatable bonds is 1. The van der Waals surface area contributed by atoms with Crippen molar-refractivity contribution in [3.8, 4) is 0 Å². The van der Waals surface area contributed by atoms with Gasteiger partial charge in [0.2, 0.25) is 5.91 Å². The number of piperazine rings is 1. The van der Waals surface area contributed by atoms with Gasteiger partial charge in [0, 0.05) is 32.2 Å². The second kappa shape index (κ2) is 4.94. The van der Waals surface area contributed by atoms with E-state index in [1.54, 1.807) is 0 Å². The van der Waals surface area contributed by atoms with Crippen molar-refractivity contribution in [1.29, 1.82) is 0 Å². The number of hydrogen-bond acceptors (Lipinski definition) is 3. The van der Waals surface area contributed by atoms with Crippen molar-refractivity contribution in [3.05, 3.63) is 0 Å². The SMILES string of the molecule is C[C@@H]1CNCCN1C1CCCCNC1=O. The lowest BCUT2D eigenvalue weighted by Gasteiger charge is -2.38. The van der Waals surface area contributed by atoms with Gasteiger partial charge in [-0.05, 0) is 26.2 Å². The van der Waals surface area contributed by atoms with Crippen molar-refractivity contribution in [2.24, 2.45) is 0 Å². The topological polar surface area (TPSA) is 44.4 Å². The summed E-state index contributed by atoms with van der Waals surface area (Å²) in [5.74, 6) is 0.237. The van der Waals surface area contributed by atoms with Crippen molar-refractivity contribution in [2.45, 2.75) is 38.3 Å². The predicted octanol–water partition coefficient (Wildman–Crippen LogP) is -0.0512. The quantitative estimate of drug-likeness (QED) is 0.639. The zero-order valence-electron chi connectivity index (χ0n) is 9.46. The van der Waals surface area contributed by atoms with Gasteiger partial charge in [-0.25, -0.2) is 0 Å². The highest BCUT2D eigenvalue weighted by molar-refractivity contribution is 5.82. The molecule has 2 aliphatic heterocycles. The molecule has 2 N–H and O–H groups in total. The standard InChI is InChI=1S/C11H21N3O/c1-9-8-12-6-7-14(9)10-4-2-3-5-13-11(10)15/h9-10,12H,2-8H2,1H3,(H,13,15)/t9-,10?/m1/s1. The highest BCUT2D eigenvalue weighted by Gasteiger charge is 2.31. The molecule has 0 aromatic heterocycles. The van der Waals surface area contributed by atoms with Crippen LogP contribution in [0.3, 0.4) is 0 Å². The molecule has 86 valence electrons. The van der Waals surface area contributed by atoms with Gasteiger partial charge in [0.05, 0.1) is 6.04 Å². The van der Waals surface area contributed by atoms with Gasteiger partial charge in [-0.2, -0.15) is 0 Å². The summed E-state index contributed by atoms with van der Waals surface area (Å²) in [6.45, 7) is 6.07. The number of nitrogens with one attached hydrogen (secondary N) is 2. The largest absolute Gasteiger partial charge is 0.355 e. The molecule has 0 aromatic rings. The zero-order chi connectivity index (χ0) is 10.7. The molecular weight excluding hydrogens is 190 g/mol. The van der Waals surface area contributed by atoms with Crippen molar-refractivity contribution in [1.82, 2.24) is 15.5 Å². The second-order valence-electron chi connectivity index (χ2n) is 4.59. The molecule has 4 nitrogen and oxygen atoms in total. The first-order chi connectivity index (χ1) is 7.29. The summed E-state index contributed by atoms with van der Waals surface area (Å²) in [4.78, 5) is 14.2. The van der Waals surface area contributed by atoms with E-state index in [9.17, 15) is 4.79 Å². The van der Waals surface area contributed by atoms with E-state index in [0.717, 1.165) is 39.0 Å². The third-order valence-electron chi connectivity index (χ3n) is 3.46. The molecule has 2 atom stereocenters. The summed E-state index contributed by atoms with van der Waals surface area (Å²) < 4.78 is 0. The van der Waals surface area contributed by atoms with Crippen LogP contribution in [0, 0.1) is 0 Å². The van der Waals surface area contributed by atoms with Crippen LogP contribution in [0.15, 0.2) is 0 Å². The summed E-state index contributed by atoms with van der Waals surface area (Å²) in [6, 6.07) is 0.595. The van der Waals surface area contributed by atoms with E-state index in [0.29, 0.717) is 6.04 Å². The van der Waals surface area contributed by atoms with Crippen molar-refractivity contribution >= 4 is 5.91 Å². The molecule has 0 radical (unpaired) electrons. The number of hydrogen-bond donors (Lipinski definition) is 2. The van der Waals surface area contributed by atoms with Crippen LogP contribution in [-0.2, 0) is 4.79 Å². The van der Waals surface area contributed by atoms with E-state index in [1.807, 2.05) is 0 Å². The summed E-state index contributed by atoms with van der Waals surface area (Å²) in [6.07, 6.45) is 3.32. The third kappa shape index (κ3) is 2.49. The van der Waals surface area contributed by atoms with Crippen molar-refractivity contribution in [3.63, 3.8) is 0 Å². The van der Waals surface area contributed by atoms with Gasteiger partial charge in [-0.15, -0.1) is 0 Å². The number of nitrogens with zero attached hydrogens (tertiary/aromatic N) is 1. The molecule has 2 rings (SSSR count). The second-order valence-corrected chi connectivity index (χ2v) is 4.59. The molecule has 0 aliphatic carbocycles. The van der Waals surface area contributed by atoms with Crippen LogP contribution in [0.2, 0.25) is 0 Å². The normalized spacial score (nSPS) is 34.6. The first-order valence-electron chi connectivity index (χ1n) is 6.03. The van der Waals surface area contributed by atoms with Gasteiger partial charge in [-0.3, -0.25) is 9.69 Å². The Hall–Kier alpha value is -0.610. The van der Waals surface area contributed by atoms with Crippen LogP contribution in [0.25, 0.3) is 0 Å². The van der Waals surface area contributed by atoms with Crippen LogP contribution in [0.4, 0.5) is 0 Å². The lowest BCUT2D eigenvalue weighted by molar-refractivity contribution is -0.127. The van der Waals surface area contributed by atoms with Gasteiger partial charge < -0.3 is 10.6 Å². The van der Waals surface area contributed by atoms with E-state index < -0.39 is 0 Å². The van der Waals surface area contributed by atoms with Gasteiger partial charge in [0.25, 0.3) is 0 Å². The van der Waals surface area contributed by atoms with Gasteiger partial charge in [0.1, 0.15) is 0 Å². The van der Waals surface area contributed by atoms with Crippen LogP contribution < -0.4 is 10.6 Å². The smallest absolute Gasteiger partial charge is 0.237 e. The fourth-order valence-corrected chi connectivity index (χ4v) is 2.56. The molecule has 2 saturated heterocycles. The van der Waals surface area contributed by atoms with Crippen LogP contribution in [0.1, 0.15) is 26.2 Å². The van der Waals surface area contributed by atoms with E-state index in [1.165, 1.54) is 6.42 Å². The highest BCUT2D eigenvalue weighted by Crippen LogP contribution is 2.16. The van der Waals surface area contributed by atoms with E-state index in [-0.39, 0.29) is 11.9 Å². The lowest BCUT2D eigenvalue weighted by atomic mass is 10.1. The Labute approximate surface area is 91.4 Å². The molecule has 1 unspecified atom stereocenters. The molecule has 0 spiro atoms. The van der Waals surface area contributed by atoms with Gasteiger partial charge in [0.15, 0.2) is 0 Å². The third-order valence-corrected chi connectivity index (χ3v) is 3.46. The lowest BCUT2D eigenvalue weighted by Crippen LogP contribution is -2.57. The summed E-state index contributed by atoms with van der Waals surface area (Å²) in [5.41, 5.74) is 0. The number of carbonyl (C=O) groups is 1. The van der Waals surface area contributed by atoms with Gasteiger partial charge >= 0.3 is 0 Å². The zero-order valence-corrected chi connectivity index (χ0v) is 9.46. The van der Waals surface area contributed by atoms with Gasteiger partial charge in [-0.1, -0.05) is 0 Å². The Morgan fingerprint density at radius 3 is 3.00 bits per heavy atom. The minimum Gasteiger partial charge on any atom is -0.355 e. The fourth-order valence-electron chi connectivity index (χ4n) is 2.56. The molecule has 15 heavy (non-hydrogen) atoms. The molecule has 2 aliphatic rings. The maximum absolute atomic E-state index is 11.9. The maximum atomic E-state index is 11.9. The summed E-state index contributed by atoms with van der Waals surface area (Å²) in [7, 11) is 0. The Morgan fingerprint density at radius 1 is 1.33 bits per heavy atom. The summed E-state index contributed by atoms with van der Waals surface area (Å²) in [5, 5.41) is 6.37. The van der Waals surface area contributed by atoms with Crippen LogP contribution in [-0.4, -0.2) is 49.1 Å². The number of carbonyl (C=O) groups excluding carboxylic acids is 1. The fraction of sp³-hybridized carbons (Fsp3) is 0.909. The van der Waals surface area contributed by atoms with E-state index in [4.69, 9.17) is 0 Å². The molecule has 2 fully saturated rings. The molecule has 4 heteroatoms. The van der Waals surface area contributed by atoms with Crippen molar-refractivity contribution in [2.75, 3.05) is 26.2 Å². The monoisotopic (exact) mass is 211 g/mol. The average Bonchev–Trinajstić information content (AvgIpc) is 2.44. The predicted molar refractivity (Wildman–Crippen MR) is 59.7 cm³/mol. The van der Waals surface area contributed by atoms with Crippen molar-refractivity contribution < 1.29 is 4.79 Å². The molecule has 0 saturated carbocycles. The Balaban J connectivity index is 2.02. The Morgan fingerprint density at radius 2 is 2.20 bits per heavy atom. The minimum absolute atomic E-state index is 0.115. The highest BCUT2D eigenvalue weighted by atomic mass is 16.2. The molecule has 2 heterocycles. The molecule has 0 bridgehead atoms. The first kappa shape index (κ1) is 10.9. The Kier molecular flexibility index (Phi) is 3.59. The average molecular weight is 211 g/mol. The van der Waals surface area contributed by atoms with Crippen LogP contribution >= 0.6 is 0 Å². The molecular formula is C11H21N3O. The minimum atomic E-state index is 0.115. The molecule has 0 aromatic carbocycles. The Bertz CT molecular complexity index is 232. The summed E-state index contributed by atoms with van der Waals surface area (Å²) >= 11 is 0. The molecule has 1 amide bonds. The maximum Gasteiger partial charge on any atom is 0.237 e. The first-order valence-corrected chi connectivity index (χ1v) is 6.03. The van der Waals surface area contributed by atoms with E-state index >= 15 is 0 Å². The van der Waals surface area contributed by atoms with E-state index in [2.05, 4.69) is 22.5 Å². The number of amides is 1.